The summed E-state index contributed by atoms with van der Waals surface area (Å²) < 4.78 is 0. The molecule has 4 aromatic carbocycles. The summed E-state index contributed by atoms with van der Waals surface area (Å²) in [6.45, 7) is 7.08. The Balaban J connectivity index is 1.77. The summed E-state index contributed by atoms with van der Waals surface area (Å²) >= 11 is 0. The van der Waals surface area contributed by atoms with Gasteiger partial charge < -0.3 is 0 Å². The van der Waals surface area contributed by atoms with Crippen LogP contribution in [0.15, 0.2) is 122 Å². The summed E-state index contributed by atoms with van der Waals surface area (Å²) in [5, 5.41) is 9.98. The normalized spacial score (nSPS) is 19.9. The van der Waals surface area contributed by atoms with E-state index in [-0.39, 0.29) is 16.7 Å². The van der Waals surface area contributed by atoms with Crippen LogP contribution in [0.5, 0.6) is 0 Å². The van der Waals surface area contributed by atoms with Crippen LogP contribution in [0.2, 0.25) is 0 Å². The molecule has 0 aliphatic heterocycles. The fraction of sp³-hybridized carbons (Fsp3) is 0.176. The molecule has 0 amide bonds. The highest BCUT2D eigenvalue weighted by Gasteiger charge is 2.52. The fourth-order valence-corrected chi connectivity index (χ4v) is 6.19. The minimum absolute atomic E-state index is 0.0612. The Kier molecular flexibility index (Phi) is 5.64. The molecule has 0 saturated carbocycles. The molecule has 1 aromatic heterocycles. The molecule has 1 aliphatic carbocycles. The fourth-order valence-electron chi connectivity index (χ4n) is 6.19. The molecule has 0 fully saturated rings. The van der Waals surface area contributed by atoms with Gasteiger partial charge in [0.2, 0.25) is 0 Å². The van der Waals surface area contributed by atoms with Gasteiger partial charge in [0.1, 0.15) is 6.33 Å². The monoisotopic (exact) mass is 481 g/mol. The average Bonchev–Trinajstić information content (AvgIpc) is 3.48. The molecule has 37 heavy (non-hydrogen) atoms. The van der Waals surface area contributed by atoms with Crippen molar-refractivity contribution in [1.29, 1.82) is 0 Å². The Labute approximate surface area is 218 Å². The Bertz CT molecular complexity index is 1580. The lowest BCUT2D eigenvalue weighted by Crippen LogP contribution is -2.46. The summed E-state index contributed by atoms with van der Waals surface area (Å²) in [5.41, 5.74) is 5.62. The zero-order valence-electron chi connectivity index (χ0n) is 21.5. The number of nitrogens with one attached hydrogen (secondary N) is 1. The zero-order chi connectivity index (χ0) is 25.5. The third kappa shape index (κ3) is 3.82. The molecule has 1 heterocycles. The second-order valence-electron chi connectivity index (χ2n) is 10.9. The molecule has 2 atom stereocenters. The van der Waals surface area contributed by atoms with Crippen molar-refractivity contribution in [3.05, 3.63) is 144 Å². The van der Waals surface area contributed by atoms with Crippen molar-refractivity contribution in [2.45, 2.75) is 32.1 Å². The van der Waals surface area contributed by atoms with Crippen molar-refractivity contribution in [2.75, 3.05) is 0 Å². The first-order valence-electron chi connectivity index (χ1n) is 12.9. The van der Waals surface area contributed by atoms with Gasteiger partial charge in [-0.2, -0.15) is 5.10 Å². The highest BCUT2D eigenvalue weighted by atomic mass is 15.2. The van der Waals surface area contributed by atoms with Crippen molar-refractivity contribution in [3.63, 3.8) is 0 Å². The van der Waals surface area contributed by atoms with Gasteiger partial charge in [-0.3, -0.25) is 5.10 Å². The molecular formula is C34H31N3. The maximum atomic E-state index is 4.58. The third-order valence-electron chi connectivity index (χ3n) is 7.87. The van der Waals surface area contributed by atoms with Gasteiger partial charge in [-0.15, -0.1) is 0 Å². The van der Waals surface area contributed by atoms with Crippen LogP contribution >= 0.6 is 0 Å². The molecule has 1 aliphatic rings. The van der Waals surface area contributed by atoms with Gasteiger partial charge in [0.25, 0.3) is 0 Å². The summed E-state index contributed by atoms with van der Waals surface area (Å²) in [6, 6.07) is 37.2. The molecule has 0 bridgehead atoms. The smallest absolute Gasteiger partial charge is 0.180 e. The van der Waals surface area contributed by atoms with E-state index in [1.54, 1.807) is 6.33 Å². The van der Waals surface area contributed by atoms with E-state index in [1.807, 2.05) is 0 Å². The molecule has 0 saturated heterocycles. The lowest BCUT2D eigenvalue weighted by atomic mass is 9.50. The first kappa shape index (κ1) is 23.2. The predicted molar refractivity (Wildman–Crippen MR) is 153 cm³/mol. The van der Waals surface area contributed by atoms with Gasteiger partial charge in [0.15, 0.2) is 5.82 Å². The number of aromatic nitrogens is 3. The molecule has 1 N–H and O–H groups in total. The summed E-state index contributed by atoms with van der Waals surface area (Å²) in [7, 11) is 0. The average molecular weight is 482 g/mol. The van der Waals surface area contributed by atoms with Crippen LogP contribution in [-0.2, 0) is 5.41 Å². The lowest BCUT2D eigenvalue weighted by Gasteiger charge is -2.52. The number of nitrogens with zero attached hydrogens (tertiary/aromatic N) is 2. The molecule has 182 valence electrons. The minimum atomic E-state index is -0.381. The van der Waals surface area contributed by atoms with Crippen LogP contribution in [-0.4, -0.2) is 15.2 Å². The summed E-state index contributed by atoms with van der Waals surface area (Å²) in [6.07, 6.45) is 6.40. The molecule has 6 rings (SSSR count). The van der Waals surface area contributed by atoms with Crippen LogP contribution in [0.3, 0.4) is 0 Å². The van der Waals surface area contributed by atoms with Gasteiger partial charge in [0.05, 0.1) is 0 Å². The van der Waals surface area contributed by atoms with Crippen molar-refractivity contribution in [1.82, 2.24) is 15.2 Å². The molecule has 3 nitrogen and oxygen atoms in total. The topological polar surface area (TPSA) is 41.6 Å². The number of benzene rings is 4. The molecular weight excluding hydrogens is 450 g/mol. The van der Waals surface area contributed by atoms with E-state index >= 15 is 0 Å². The van der Waals surface area contributed by atoms with Gasteiger partial charge in [-0.1, -0.05) is 130 Å². The molecule has 0 radical (unpaired) electrons. The Morgan fingerprint density at radius 3 is 2.14 bits per heavy atom. The van der Waals surface area contributed by atoms with Gasteiger partial charge >= 0.3 is 0 Å². The number of allylic oxidation sites excluding steroid dienone is 4. The third-order valence-corrected chi connectivity index (χ3v) is 7.87. The van der Waals surface area contributed by atoms with E-state index in [0.29, 0.717) is 5.82 Å². The van der Waals surface area contributed by atoms with Gasteiger partial charge in [-0.05, 0) is 44.5 Å². The lowest BCUT2D eigenvalue weighted by molar-refractivity contribution is 0.219. The van der Waals surface area contributed by atoms with Gasteiger partial charge in [-0.25, -0.2) is 4.98 Å². The van der Waals surface area contributed by atoms with E-state index in [2.05, 4.69) is 151 Å². The minimum Gasteiger partial charge on any atom is -0.265 e. The van der Waals surface area contributed by atoms with E-state index < -0.39 is 0 Å². The molecule has 5 aromatic rings. The predicted octanol–water partition coefficient (Wildman–Crippen LogP) is 8.21. The zero-order valence-corrected chi connectivity index (χ0v) is 21.5. The molecule has 3 heteroatoms. The van der Waals surface area contributed by atoms with Crippen molar-refractivity contribution >= 4 is 21.9 Å². The second-order valence-corrected chi connectivity index (χ2v) is 10.9. The van der Waals surface area contributed by atoms with E-state index in [1.165, 1.54) is 33.0 Å². The van der Waals surface area contributed by atoms with Crippen LogP contribution in [0.1, 0.15) is 49.2 Å². The SMILES string of the molecule is CC(C)(C)C1(c2ccccc2)C=C(c2nc[nH]n2)C=C(c2ccccc2)C1c1cccc2ccccc12. The molecule has 0 spiro atoms. The maximum Gasteiger partial charge on any atom is 0.180 e. The van der Waals surface area contributed by atoms with Crippen molar-refractivity contribution in [2.24, 2.45) is 5.41 Å². The van der Waals surface area contributed by atoms with E-state index in [9.17, 15) is 0 Å². The first-order chi connectivity index (χ1) is 18.0. The first-order valence-corrected chi connectivity index (χ1v) is 12.9. The van der Waals surface area contributed by atoms with Crippen molar-refractivity contribution in [3.8, 4) is 0 Å². The van der Waals surface area contributed by atoms with Crippen LogP contribution in [0.25, 0.3) is 21.9 Å². The molecule has 2 unspecified atom stereocenters. The van der Waals surface area contributed by atoms with Crippen molar-refractivity contribution < 1.29 is 0 Å². The highest BCUT2D eigenvalue weighted by molar-refractivity contribution is 5.94. The summed E-state index contributed by atoms with van der Waals surface area (Å²) in [4.78, 5) is 4.58. The number of rotatable bonds is 4. The number of hydrogen-bond donors (Lipinski definition) is 1. The maximum absolute atomic E-state index is 4.58. The van der Waals surface area contributed by atoms with Crippen LogP contribution < -0.4 is 0 Å². The second kappa shape index (κ2) is 9.01. The quantitative estimate of drug-likeness (QED) is 0.281. The summed E-state index contributed by atoms with van der Waals surface area (Å²) in [5.74, 6) is 0.778. The van der Waals surface area contributed by atoms with Gasteiger partial charge in [0, 0.05) is 16.9 Å². The number of fused-ring (bicyclic) bond motifs is 1. The highest BCUT2D eigenvalue weighted by Crippen LogP contribution is 2.60. The largest absolute Gasteiger partial charge is 0.265 e. The Hall–Kier alpha value is -4.24. The van der Waals surface area contributed by atoms with Crippen LogP contribution in [0, 0.1) is 5.41 Å². The number of hydrogen-bond acceptors (Lipinski definition) is 2. The van der Waals surface area contributed by atoms with E-state index in [0.717, 1.165) is 5.57 Å². The van der Waals surface area contributed by atoms with Crippen LogP contribution in [0.4, 0.5) is 0 Å². The van der Waals surface area contributed by atoms with E-state index in [4.69, 9.17) is 0 Å². The number of aromatic amines is 1. The Morgan fingerprint density at radius 1 is 0.757 bits per heavy atom. The standard InChI is InChI=1S/C34H31N3/c1-33(2,3)34(27-17-8-5-9-18-27)22-26(32-35-23-36-37-32)21-30(25-13-6-4-7-14-25)31(34)29-20-12-16-24-15-10-11-19-28(24)29/h4-23,31H,1-3H3,(H,35,36,37). The Morgan fingerprint density at radius 2 is 1.43 bits per heavy atom. The number of H-pyrrole nitrogens is 1.